The summed E-state index contributed by atoms with van der Waals surface area (Å²) in [6, 6.07) is 3.98. The van der Waals surface area contributed by atoms with Crippen molar-refractivity contribution in [1.29, 1.82) is 0 Å². The number of anilines is 1. The third-order valence-electron chi connectivity index (χ3n) is 3.63. The fraction of sp³-hybridized carbons (Fsp3) is 0.385. The fourth-order valence-electron chi connectivity index (χ4n) is 2.69. The van der Waals surface area contributed by atoms with Crippen LogP contribution in [0.2, 0.25) is 0 Å². The molecule has 0 bridgehead atoms. The molecule has 1 nitrogen and oxygen atoms in total. The molecule has 0 radical (unpaired) electrons. The van der Waals surface area contributed by atoms with Gasteiger partial charge in [0.1, 0.15) is 11.6 Å². The minimum Gasteiger partial charge on any atom is -0.379 e. The Morgan fingerprint density at radius 2 is 2.12 bits per heavy atom. The van der Waals surface area contributed by atoms with Crippen molar-refractivity contribution in [3.63, 3.8) is 0 Å². The van der Waals surface area contributed by atoms with Crippen molar-refractivity contribution < 1.29 is 8.78 Å². The first-order valence-electron chi connectivity index (χ1n) is 5.62. The Morgan fingerprint density at radius 3 is 2.88 bits per heavy atom. The number of allylic oxidation sites excluding steroid dienone is 1. The van der Waals surface area contributed by atoms with E-state index in [-0.39, 0.29) is 0 Å². The highest BCUT2D eigenvalue weighted by Crippen LogP contribution is 2.44. The van der Waals surface area contributed by atoms with Crippen LogP contribution in [0.3, 0.4) is 0 Å². The number of hydrogen-bond donors (Lipinski definition) is 1. The van der Waals surface area contributed by atoms with Crippen molar-refractivity contribution in [3.8, 4) is 0 Å². The molecular weight excluding hydrogens is 208 g/mol. The maximum atomic E-state index is 13.4. The summed E-state index contributed by atoms with van der Waals surface area (Å²) in [5, 5.41) is 3.15. The predicted molar refractivity (Wildman–Crippen MR) is 59.1 cm³/mol. The normalized spacial score (nSPS) is 31.0. The molecule has 0 heterocycles. The van der Waals surface area contributed by atoms with Crippen LogP contribution in [0.1, 0.15) is 12.8 Å². The molecule has 3 rings (SSSR count). The Kier molecular flexibility index (Phi) is 2.20. The number of hydrogen-bond acceptors (Lipinski definition) is 1. The first-order chi connectivity index (χ1) is 7.74. The monoisotopic (exact) mass is 221 g/mol. The van der Waals surface area contributed by atoms with Crippen molar-refractivity contribution in [2.24, 2.45) is 11.8 Å². The molecule has 1 saturated carbocycles. The van der Waals surface area contributed by atoms with Gasteiger partial charge in [-0.1, -0.05) is 12.2 Å². The highest BCUT2D eigenvalue weighted by atomic mass is 19.1. The summed E-state index contributed by atoms with van der Waals surface area (Å²) in [6.45, 7) is 0. The molecule has 3 heteroatoms. The lowest BCUT2D eigenvalue weighted by Crippen LogP contribution is -2.43. The largest absolute Gasteiger partial charge is 0.379 e. The molecule has 0 aliphatic heterocycles. The van der Waals surface area contributed by atoms with Gasteiger partial charge in [-0.05, 0) is 30.9 Å². The summed E-state index contributed by atoms with van der Waals surface area (Å²) >= 11 is 0. The molecule has 3 atom stereocenters. The Bertz CT molecular complexity index is 442. The molecule has 1 aromatic carbocycles. The number of halogens is 2. The van der Waals surface area contributed by atoms with E-state index >= 15 is 0 Å². The number of fused-ring (bicyclic) bond motifs is 1. The first-order valence-corrected chi connectivity index (χ1v) is 5.62. The van der Waals surface area contributed by atoms with Gasteiger partial charge < -0.3 is 5.32 Å². The SMILES string of the molecule is Fc1ccc(NC2CC3CC=CC32)c(F)c1. The molecule has 16 heavy (non-hydrogen) atoms. The smallest absolute Gasteiger partial charge is 0.149 e. The fourth-order valence-corrected chi connectivity index (χ4v) is 2.69. The van der Waals surface area contributed by atoms with Crippen molar-refractivity contribution in [3.05, 3.63) is 42.0 Å². The van der Waals surface area contributed by atoms with Crippen LogP contribution in [-0.2, 0) is 0 Å². The van der Waals surface area contributed by atoms with Gasteiger partial charge in [0.05, 0.1) is 5.69 Å². The highest BCUT2D eigenvalue weighted by molar-refractivity contribution is 5.47. The van der Waals surface area contributed by atoms with E-state index in [9.17, 15) is 8.78 Å². The molecule has 1 fully saturated rings. The van der Waals surface area contributed by atoms with E-state index < -0.39 is 11.6 Å². The van der Waals surface area contributed by atoms with Crippen LogP contribution in [0.15, 0.2) is 30.4 Å². The molecule has 0 spiro atoms. The van der Waals surface area contributed by atoms with Gasteiger partial charge in [-0.3, -0.25) is 0 Å². The number of rotatable bonds is 2. The Balaban J connectivity index is 1.73. The molecule has 0 saturated heterocycles. The van der Waals surface area contributed by atoms with Crippen LogP contribution < -0.4 is 5.32 Å². The van der Waals surface area contributed by atoms with Crippen molar-refractivity contribution in [2.75, 3.05) is 5.32 Å². The van der Waals surface area contributed by atoms with E-state index in [2.05, 4.69) is 17.5 Å². The van der Waals surface area contributed by atoms with Gasteiger partial charge in [0.15, 0.2) is 0 Å². The lowest BCUT2D eigenvalue weighted by molar-refractivity contribution is 0.217. The van der Waals surface area contributed by atoms with Gasteiger partial charge >= 0.3 is 0 Å². The Hall–Kier alpha value is -1.38. The summed E-state index contributed by atoms with van der Waals surface area (Å²) in [7, 11) is 0. The quantitative estimate of drug-likeness (QED) is 0.755. The van der Waals surface area contributed by atoms with Crippen molar-refractivity contribution in [2.45, 2.75) is 18.9 Å². The molecule has 0 amide bonds. The van der Waals surface area contributed by atoms with Crippen molar-refractivity contribution >= 4 is 5.69 Å². The molecule has 1 N–H and O–H groups in total. The minimum atomic E-state index is -0.532. The Labute approximate surface area is 93.2 Å². The van der Waals surface area contributed by atoms with Gasteiger partial charge in [-0.2, -0.15) is 0 Å². The zero-order chi connectivity index (χ0) is 11.1. The highest BCUT2D eigenvalue weighted by Gasteiger charge is 2.41. The predicted octanol–water partition coefficient (Wildman–Crippen LogP) is 3.34. The maximum Gasteiger partial charge on any atom is 0.149 e. The summed E-state index contributed by atoms with van der Waals surface area (Å²) < 4.78 is 26.1. The number of benzene rings is 1. The van der Waals surface area contributed by atoms with E-state index in [1.54, 1.807) is 0 Å². The van der Waals surface area contributed by atoms with E-state index in [1.165, 1.54) is 12.1 Å². The van der Waals surface area contributed by atoms with Crippen LogP contribution in [0, 0.1) is 23.5 Å². The molecule has 84 valence electrons. The van der Waals surface area contributed by atoms with Crippen LogP contribution in [0.4, 0.5) is 14.5 Å². The van der Waals surface area contributed by atoms with Crippen LogP contribution >= 0.6 is 0 Å². The average Bonchev–Trinajstić information content (AvgIpc) is 2.59. The van der Waals surface area contributed by atoms with Crippen molar-refractivity contribution in [1.82, 2.24) is 0 Å². The van der Waals surface area contributed by atoms with E-state index in [4.69, 9.17) is 0 Å². The second-order valence-corrected chi connectivity index (χ2v) is 4.61. The van der Waals surface area contributed by atoms with Gasteiger partial charge in [-0.15, -0.1) is 0 Å². The minimum absolute atomic E-state index is 0.309. The third kappa shape index (κ3) is 1.51. The Morgan fingerprint density at radius 1 is 1.25 bits per heavy atom. The van der Waals surface area contributed by atoms with E-state index in [0.717, 1.165) is 24.8 Å². The number of nitrogens with one attached hydrogen (secondary N) is 1. The van der Waals surface area contributed by atoms with Crippen LogP contribution in [0.25, 0.3) is 0 Å². The standard InChI is InChI=1S/C13H13F2N/c14-9-4-5-12(11(15)7-9)16-13-6-8-2-1-3-10(8)13/h1,3-5,7-8,10,13,16H,2,6H2. The molecule has 0 aromatic heterocycles. The molecular formula is C13H13F2N. The first kappa shape index (κ1) is 9.82. The lowest BCUT2D eigenvalue weighted by Gasteiger charge is -2.41. The van der Waals surface area contributed by atoms with Gasteiger partial charge in [0, 0.05) is 18.0 Å². The maximum absolute atomic E-state index is 13.4. The van der Waals surface area contributed by atoms with Gasteiger partial charge in [0.2, 0.25) is 0 Å². The topological polar surface area (TPSA) is 12.0 Å². The molecule has 2 aliphatic rings. The van der Waals surface area contributed by atoms with E-state index in [0.29, 0.717) is 17.6 Å². The summed E-state index contributed by atoms with van der Waals surface area (Å²) in [5.41, 5.74) is 0.408. The second kappa shape index (κ2) is 3.58. The lowest BCUT2D eigenvalue weighted by atomic mass is 9.71. The van der Waals surface area contributed by atoms with Gasteiger partial charge in [-0.25, -0.2) is 8.78 Å². The molecule has 3 unspecified atom stereocenters. The van der Waals surface area contributed by atoms with Gasteiger partial charge in [0.25, 0.3) is 0 Å². The second-order valence-electron chi connectivity index (χ2n) is 4.61. The van der Waals surface area contributed by atoms with Crippen LogP contribution in [0.5, 0.6) is 0 Å². The van der Waals surface area contributed by atoms with Crippen LogP contribution in [-0.4, -0.2) is 6.04 Å². The zero-order valence-electron chi connectivity index (χ0n) is 8.79. The third-order valence-corrected chi connectivity index (χ3v) is 3.63. The van der Waals surface area contributed by atoms with E-state index in [1.807, 2.05) is 0 Å². The summed E-state index contributed by atoms with van der Waals surface area (Å²) in [4.78, 5) is 0. The molecule has 1 aromatic rings. The summed E-state index contributed by atoms with van der Waals surface area (Å²) in [6.07, 6.45) is 6.62. The molecule has 2 aliphatic carbocycles. The summed E-state index contributed by atoms with van der Waals surface area (Å²) in [5.74, 6) is 0.228. The average molecular weight is 221 g/mol. The zero-order valence-corrected chi connectivity index (χ0v) is 8.79.